The summed E-state index contributed by atoms with van der Waals surface area (Å²) in [6.07, 6.45) is 3.77. The van der Waals surface area contributed by atoms with Crippen LogP contribution in [0.1, 0.15) is 31.2 Å². The van der Waals surface area contributed by atoms with E-state index in [0.29, 0.717) is 12.5 Å². The maximum Gasteiger partial charge on any atom is 0.238 e. The van der Waals surface area contributed by atoms with Crippen molar-refractivity contribution < 1.29 is 9.90 Å². The van der Waals surface area contributed by atoms with Crippen molar-refractivity contribution in [1.82, 2.24) is 5.32 Å². The van der Waals surface area contributed by atoms with Crippen LogP contribution in [0.15, 0.2) is 24.3 Å². The molecule has 0 spiro atoms. The summed E-state index contributed by atoms with van der Waals surface area (Å²) in [4.78, 5) is 11.8. The Kier molecular flexibility index (Phi) is 5.56. The first-order valence-electron chi connectivity index (χ1n) is 7.39. The van der Waals surface area contributed by atoms with Crippen LogP contribution in [0.2, 0.25) is 0 Å². The predicted molar refractivity (Wildman–Crippen MR) is 80.6 cm³/mol. The number of hydrogen-bond donors (Lipinski definition) is 3. The van der Waals surface area contributed by atoms with Crippen molar-refractivity contribution in [3.8, 4) is 0 Å². The monoisotopic (exact) mass is 276 g/mol. The maximum absolute atomic E-state index is 11.8. The van der Waals surface area contributed by atoms with E-state index in [0.717, 1.165) is 37.9 Å². The summed E-state index contributed by atoms with van der Waals surface area (Å²) < 4.78 is 0. The number of aliphatic hydroxyl groups excluding tert-OH is 1. The fraction of sp³-hybridized carbons (Fsp3) is 0.562. The average molecular weight is 276 g/mol. The second-order valence-corrected chi connectivity index (χ2v) is 5.72. The zero-order chi connectivity index (χ0) is 14.4. The lowest BCUT2D eigenvalue weighted by Gasteiger charge is -2.25. The van der Waals surface area contributed by atoms with Gasteiger partial charge in [0.15, 0.2) is 0 Å². The highest BCUT2D eigenvalue weighted by molar-refractivity contribution is 5.92. The number of rotatable bonds is 5. The fourth-order valence-corrected chi connectivity index (χ4v) is 2.58. The van der Waals surface area contributed by atoms with Crippen LogP contribution in [0, 0.1) is 12.8 Å². The summed E-state index contributed by atoms with van der Waals surface area (Å²) >= 11 is 0. The minimum absolute atomic E-state index is 0.00954. The van der Waals surface area contributed by atoms with E-state index in [4.69, 9.17) is 0 Å². The second-order valence-electron chi connectivity index (χ2n) is 5.72. The SMILES string of the molecule is Cc1ccc(NC(=O)CNCC2CCC(O)CC2)cc1. The van der Waals surface area contributed by atoms with E-state index in [9.17, 15) is 9.90 Å². The highest BCUT2D eigenvalue weighted by Crippen LogP contribution is 2.23. The Labute approximate surface area is 120 Å². The molecule has 2 rings (SSSR count). The fourth-order valence-electron chi connectivity index (χ4n) is 2.58. The minimum Gasteiger partial charge on any atom is -0.393 e. The summed E-state index contributed by atoms with van der Waals surface area (Å²) in [6, 6.07) is 7.79. The van der Waals surface area contributed by atoms with Gasteiger partial charge in [-0.25, -0.2) is 0 Å². The van der Waals surface area contributed by atoms with Gasteiger partial charge in [0, 0.05) is 5.69 Å². The molecule has 1 aromatic carbocycles. The maximum atomic E-state index is 11.8. The Morgan fingerprint density at radius 1 is 1.20 bits per heavy atom. The molecule has 0 aliphatic heterocycles. The van der Waals surface area contributed by atoms with Crippen molar-refractivity contribution in [2.45, 2.75) is 38.7 Å². The summed E-state index contributed by atoms with van der Waals surface area (Å²) in [7, 11) is 0. The van der Waals surface area contributed by atoms with Gasteiger partial charge >= 0.3 is 0 Å². The third-order valence-corrected chi connectivity index (χ3v) is 3.87. The van der Waals surface area contributed by atoms with Gasteiger partial charge in [0.05, 0.1) is 12.6 Å². The van der Waals surface area contributed by atoms with Gasteiger partial charge in [-0.3, -0.25) is 4.79 Å². The van der Waals surface area contributed by atoms with Crippen LogP contribution in [0.4, 0.5) is 5.69 Å². The number of amides is 1. The van der Waals surface area contributed by atoms with Crippen LogP contribution < -0.4 is 10.6 Å². The molecular weight excluding hydrogens is 252 g/mol. The normalized spacial score (nSPS) is 22.5. The Morgan fingerprint density at radius 3 is 2.50 bits per heavy atom. The molecule has 1 aromatic rings. The van der Waals surface area contributed by atoms with Gasteiger partial charge in [-0.15, -0.1) is 0 Å². The largest absolute Gasteiger partial charge is 0.393 e. The molecule has 110 valence electrons. The van der Waals surface area contributed by atoms with Crippen molar-refractivity contribution in [2.24, 2.45) is 5.92 Å². The summed E-state index contributed by atoms with van der Waals surface area (Å²) in [5, 5.41) is 15.5. The Hall–Kier alpha value is -1.39. The molecule has 0 saturated heterocycles. The quantitative estimate of drug-likeness (QED) is 0.771. The summed E-state index contributed by atoms with van der Waals surface area (Å²) in [5.41, 5.74) is 2.02. The Bertz CT molecular complexity index is 423. The zero-order valence-electron chi connectivity index (χ0n) is 12.1. The van der Waals surface area contributed by atoms with Gasteiger partial charge in [-0.2, -0.15) is 0 Å². The highest BCUT2D eigenvalue weighted by atomic mass is 16.3. The third-order valence-electron chi connectivity index (χ3n) is 3.87. The van der Waals surface area contributed by atoms with E-state index in [-0.39, 0.29) is 12.0 Å². The molecular formula is C16H24N2O2. The van der Waals surface area contributed by atoms with Crippen molar-refractivity contribution in [1.29, 1.82) is 0 Å². The summed E-state index contributed by atoms with van der Waals surface area (Å²) in [6.45, 7) is 3.22. The van der Waals surface area contributed by atoms with Crippen molar-refractivity contribution >= 4 is 11.6 Å². The van der Waals surface area contributed by atoms with Gasteiger partial charge in [0.2, 0.25) is 5.91 Å². The smallest absolute Gasteiger partial charge is 0.238 e. The first kappa shape index (κ1) is 15.0. The lowest BCUT2D eigenvalue weighted by molar-refractivity contribution is -0.115. The molecule has 4 heteroatoms. The molecule has 0 aromatic heterocycles. The number of aliphatic hydroxyl groups is 1. The third kappa shape index (κ3) is 4.94. The number of carbonyl (C=O) groups is 1. The topological polar surface area (TPSA) is 61.4 Å². The molecule has 0 atom stereocenters. The molecule has 1 aliphatic carbocycles. The number of benzene rings is 1. The van der Waals surface area contributed by atoms with Crippen molar-refractivity contribution in [3.63, 3.8) is 0 Å². The molecule has 4 nitrogen and oxygen atoms in total. The molecule has 20 heavy (non-hydrogen) atoms. The van der Waals surface area contributed by atoms with Crippen LogP contribution in [-0.4, -0.2) is 30.2 Å². The van der Waals surface area contributed by atoms with Gasteiger partial charge < -0.3 is 15.7 Å². The number of hydrogen-bond acceptors (Lipinski definition) is 3. The molecule has 1 aliphatic rings. The Balaban J connectivity index is 1.64. The lowest BCUT2D eigenvalue weighted by atomic mass is 9.87. The zero-order valence-corrected chi connectivity index (χ0v) is 12.1. The van der Waals surface area contributed by atoms with E-state index in [1.54, 1.807) is 0 Å². The molecule has 1 fully saturated rings. The number of aryl methyl sites for hydroxylation is 1. The van der Waals surface area contributed by atoms with E-state index >= 15 is 0 Å². The molecule has 0 bridgehead atoms. The van der Waals surface area contributed by atoms with Gasteiger partial charge in [-0.1, -0.05) is 17.7 Å². The van der Waals surface area contributed by atoms with Crippen LogP contribution in [0.25, 0.3) is 0 Å². The van der Waals surface area contributed by atoms with Gasteiger partial charge in [0.1, 0.15) is 0 Å². The molecule has 0 heterocycles. The Morgan fingerprint density at radius 2 is 1.85 bits per heavy atom. The first-order chi connectivity index (χ1) is 9.63. The number of carbonyl (C=O) groups excluding carboxylic acids is 1. The molecule has 3 N–H and O–H groups in total. The molecule has 1 amide bonds. The number of nitrogens with one attached hydrogen (secondary N) is 2. The van der Waals surface area contributed by atoms with Crippen molar-refractivity contribution in [2.75, 3.05) is 18.4 Å². The average Bonchev–Trinajstić information content (AvgIpc) is 2.44. The van der Waals surface area contributed by atoms with Crippen LogP contribution in [0.3, 0.4) is 0 Å². The van der Waals surface area contributed by atoms with Crippen molar-refractivity contribution in [3.05, 3.63) is 29.8 Å². The minimum atomic E-state index is -0.115. The molecule has 0 unspecified atom stereocenters. The van der Waals surface area contributed by atoms with Crippen LogP contribution in [-0.2, 0) is 4.79 Å². The second kappa shape index (κ2) is 7.41. The van der Waals surface area contributed by atoms with E-state index in [2.05, 4.69) is 10.6 Å². The van der Waals surface area contributed by atoms with Crippen LogP contribution >= 0.6 is 0 Å². The summed E-state index contributed by atoms with van der Waals surface area (Å²) in [5.74, 6) is 0.579. The molecule has 1 saturated carbocycles. The first-order valence-corrected chi connectivity index (χ1v) is 7.39. The standard InChI is InChI=1S/C16H24N2O2/c1-12-2-6-14(7-3-12)18-16(20)11-17-10-13-4-8-15(19)9-5-13/h2-3,6-7,13,15,17,19H,4-5,8-11H2,1H3,(H,18,20). The lowest BCUT2D eigenvalue weighted by Crippen LogP contribution is -2.33. The van der Waals surface area contributed by atoms with Crippen LogP contribution in [0.5, 0.6) is 0 Å². The highest BCUT2D eigenvalue weighted by Gasteiger charge is 2.18. The van der Waals surface area contributed by atoms with Gasteiger partial charge in [-0.05, 0) is 57.2 Å². The van der Waals surface area contributed by atoms with Gasteiger partial charge in [0.25, 0.3) is 0 Å². The number of anilines is 1. The molecule has 0 radical (unpaired) electrons. The predicted octanol–water partition coefficient (Wildman–Crippen LogP) is 2.07. The van der Waals surface area contributed by atoms with E-state index in [1.165, 1.54) is 5.56 Å². The van der Waals surface area contributed by atoms with E-state index < -0.39 is 0 Å². The van der Waals surface area contributed by atoms with E-state index in [1.807, 2.05) is 31.2 Å².